The highest BCUT2D eigenvalue weighted by molar-refractivity contribution is 5.93. The number of anilines is 1. The van der Waals surface area contributed by atoms with Crippen molar-refractivity contribution >= 4 is 11.9 Å². The predicted octanol–water partition coefficient (Wildman–Crippen LogP) is 2.07. The van der Waals surface area contributed by atoms with Crippen LogP contribution in [0.4, 0.5) is 5.95 Å². The first kappa shape index (κ1) is 15.7. The maximum absolute atomic E-state index is 12.6. The number of nitrogens with one attached hydrogen (secondary N) is 1. The molecule has 2 aliphatic rings. The van der Waals surface area contributed by atoms with Crippen LogP contribution in [0.25, 0.3) is 0 Å². The molecule has 3 heterocycles. The first-order valence-electron chi connectivity index (χ1n) is 8.61. The number of phenols is 1. The Morgan fingerprint density at radius 1 is 1.20 bits per heavy atom. The Balaban J connectivity index is 1.83. The summed E-state index contributed by atoms with van der Waals surface area (Å²) in [7, 11) is 0. The molecule has 4 rings (SSSR count). The van der Waals surface area contributed by atoms with Gasteiger partial charge in [-0.2, -0.15) is 0 Å². The van der Waals surface area contributed by atoms with Crippen molar-refractivity contribution < 1.29 is 5.11 Å². The summed E-state index contributed by atoms with van der Waals surface area (Å²) in [5, 5.41) is 13.1. The summed E-state index contributed by atoms with van der Waals surface area (Å²) in [6.07, 6.45) is 2.95. The molecule has 2 aliphatic heterocycles. The van der Waals surface area contributed by atoms with Gasteiger partial charge in [-0.15, -0.1) is 0 Å². The highest BCUT2D eigenvalue weighted by Crippen LogP contribution is 2.28. The van der Waals surface area contributed by atoms with E-state index >= 15 is 0 Å². The summed E-state index contributed by atoms with van der Waals surface area (Å²) < 4.78 is 1.54. The first-order valence-corrected chi connectivity index (χ1v) is 8.61. The molecule has 130 valence electrons. The van der Waals surface area contributed by atoms with Crippen molar-refractivity contribution in [2.45, 2.75) is 32.4 Å². The van der Waals surface area contributed by atoms with Crippen LogP contribution in [0.2, 0.25) is 0 Å². The topological polar surface area (TPSA) is 82.8 Å². The molecule has 2 aromatic rings. The largest absolute Gasteiger partial charge is 0.508 e. The second-order valence-corrected chi connectivity index (χ2v) is 6.52. The molecule has 7 heteroatoms. The normalized spacial score (nSPS) is 19.8. The second kappa shape index (κ2) is 6.23. The van der Waals surface area contributed by atoms with Crippen LogP contribution in [0.15, 0.2) is 40.1 Å². The Morgan fingerprint density at radius 2 is 2.00 bits per heavy atom. The maximum atomic E-state index is 12.6. The molecule has 1 aromatic carbocycles. The third-order valence-corrected chi connectivity index (χ3v) is 4.62. The summed E-state index contributed by atoms with van der Waals surface area (Å²) in [6, 6.07) is 8.38. The summed E-state index contributed by atoms with van der Waals surface area (Å²) >= 11 is 0. The fraction of sp³-hybridized carbons (Fsp3) is 0.389. The van der Waals surface area contributed by atoms with E-state index < -0.39 is 6.17 Å². The number of guanidine groups is 1. The van der Waals surface area contributed by atoms with Gasteiger partial charge in [0.25, 0.3) is 5.56 Å². The van der Waals surface area contributed by atoms with E-state index in [9.17, 15) is 9.90 Å². The number of aryl methyl sites for hydroxylation is 1. The molecule has 1 unspecified atom stereocenters. The lowest BCUT2D eigenvalue weighted by molar-refractivity contribution is 0.335. The van der Waals surface area contributed by atoms with Crippen molar-refractivity contribution in [2.24, 2.45) is 4.99 Å². The number of benzene rings is 1. The zero-order valence-electron chi connectivity index (χ0n) is 14.1. The molecular weight excluding hydrogens is 318 g/mol. The lowest BCUT2D eigenvalue weighted by atomic mass is 10.1. The van der Waals surface area contributed by atoms with Gasteiger partial charge in [0.05, 0.1) is 0 Å². The predicted molar refractivity (Wildman–Crippen MR) is 96.0 cm³/mol. The molecule has 0 aliphatic carbocycles. The lowest BCUT2D eigenvalue weighted by Gasteiger charge is -2.34. The molecule has 0 radical (unpaired) electrons. The number of piperidine rings is 1. The zero-order valence-corrected chi connectivity index (χ0v) is 14.1. The van der Waals surface area contributed by atoms with Gasteiger partial charge in [-0.25, -0.2) is 9.98 Å². The van der Waals surface area contributed by atoms with Crippen molar-refractivity contribution in [3.05, 3.63) is 51.9 Å². The number of phenolic OH excluding ortho intramolecular Hbond substituents is 1. The van der Waals surface area contributed by atoms with Gasteiger partial charge in [0.15, 0.2) is 6.17 Å². The monoisotopic (exact) mass is 339 g/mol. The van der Waals surface area contributed by atoms with Crippen LogP contribution in [0.5, 0.6) is 5.75 Å². The van der Waals surface area contributed by atoms with E-state index in [1.54, 1.807) is 25.1 Å². The summed E-state index contributed by atoms with van der Waals surface area (Å²) in [4.78, 5) is 24.1. The van der Waals surface area contributed by atoms with Crippen molar-refractivity contribution in [1.29, 1.82) is 0 Å². The fourth-order valence-corrected chi connectivity index (χ4v) is 3.41. The highest BCUT2D eigenvalue weighted by Gasteiger charge is 2.28. The van der Waals surface area contributed by atoms with Crippen LogP contribution in [-0.2, 0) is 0 Å². The van der Waals surface area contributed by atoms with Crippen molar-refractivity contribution in [3.8, 4) is 5.75 Å². The van der Waals surface area contributed by atoms with E-state index in [0.29, 0.717) is 11.6 Å². The number of aliphatic imine (C=N–C) groups is 1. The van der Waals surface area contributed by atoms with Gasteiger partial charge in [-0.1, -0.05) is 12.1 Å². The smallest absolute Gasteiger partial charge is 0.257 e. The molecule has 0 bridgehead atoms. The number of nitrogens with zero attached hydrogens (tertiary/aromatic N) is 4. The third kappa shape index (κ3) is 2.97. The van der Waals surface area contributed by atoms with Crippen LogP contribution in [-0.4, -0.2) is 38.6 Å². The first-order chi connectivity index (χ1) is 12.1. The number of rotatable bonds is 1. The molecule has 0 saturated carbocycles. The zero-order chi connectivity index (χ0) is 17.4. The molecule has 1 aromatic heterocycles. The molecule has 1 fully saturated rings. The molecule has 25 heavy (non-hydrogen) atoms. The van der Waals surface area contributed by atoms with Gasteiger partial charge >= 0.3 is 0 Å². The molecular formula is C18H21N5O2. The number of likely N-dealkylation sites (tertiary alicyclic amines) is 1. The molecule has 0 amide bonds. The molecule has 2 N–H and O–H groups in total. The van der Waals surface area contributed by atoms with Crippen LogP contribution in [0, 0.1) is 6.92 Å². The van der Waals surface area contributed by atoms with Crippen LogP contribution >= 0.6 is 0 Å². The van der Waals surface area contributed by atoms with Crippen LogP contribution in [0.3, 0.4) is 0 Å². The van der Waals surface area contributed by atoms with Gasteiger partial charge in [-0.05, 0) is 38.3 Å². The number of aromatic nitrogens is 2. The Kier molecular flexibility index (Phi) is 3.91. The molecule has 1 saturated heterocycles. The van der Waals surface area contributed by atoms with Gasteiger partial charge in [0.2, 0.25) is 11.9 Å². The minimum atomic E-state index is -0.541. The lowest BCUT2D eigenvalue weighted by Crippen LogP contribution is -2.45. The van der Waals surface area contributed by atoms with Gasteiger partial charge in [-0.3, -0.25) is 14.7 Å². The Morgan fingerprint density at radius 3 is 2.76 bits per heavy atom. The number of fused-ring (bicyclic) bond motifs is 1. The van der Waals surface area contributed by atoms with Gasteiger partial charge in [0.1, 0.15) is 5.75 Å². The van der Waals surface area contributed by atoms with Crippen molar-refractivity contribution in [1.82, 2.24) is 14.5 Å². The molecule has 1 atom stereocenters. The number of hydrogen-bond acceptors (Lipinski definition) is 6. The summed E-state index contributed by atoms with van der Waals surface area (Å²) in [5.41, 5.74) is 1.26. The summed E-state index contributed by atoms with van der Waals surface area (Å²) in [5.74, 6) is 1.39. The van der Waals surface area contributed by atoms with Crippen LogP contribution < -0.4 is 10.9 Å². The van der Waals surface area contributed by atoms with Crippen molar-refractivity contribution in [2.75, 3.05) is 18.4 Å². The molecule has 0 spiro atoms. The number of aromatic hydroxyl groups is 1. The Labute approximate surface area is 145 Å². The van der Waals surface area contributed by atoms with Gasteiger partial charge < -0.3 is 10.0 Å². The average Bonchev–Trinajstić information content (AvgIpc) is 2.61. The second-order valence-electron chi connectivity index (χ2n) is 6.52. The van der Waals surface area contributed by atoms with E-state index in [0.717, 1.165) is 37.5 Å². The minimum Gasteiger partial charge on any atom is -0.508 e. The maximum Gasteiger partial charge on any atom is 0.257 e. The summed E-state index contributed by atoms with van der Waals surface area (Å²) in [6.45, 7) is 3.68. The van der Waals surface area contributed by atoms with E-state index in [2.05, 4.69) is 15.2 Å². The van der Waals surface area contributed by atoms with E-state index in [1.165, 1.54) is 17.1 Å². The Bertz CT molecular complexity index is 883. The van der Waals surface area contributed by atoms with E-state index in [4.69, 9.17) is 4.99 Å². The SMILES string of the molecule is Cc1cc(=O)n2c(n1)NC(N1CCCCC1)=NC2c1cccc(O)c1. The van der Waals surface area contributed by atoms with Gasteiger partial charge in [0, 0.05) is 30.4 Å². The Hall–Kier alpha value is -2.83. The number of hydrogen-bond donors (Lipinski definition) is 2. The van der Waals surface area contributed by atoms with Crippen LogP contribution in [0.1, 0.15) is 36.7 Å². The standard InChI is InChI=1S/C18H21N5O2/c1-12-10-15(25)23-16(13-6-5-7-14(24)11-13)20-17(21-18(23)19-12)22-8-3-2-4-9-22/h5-7,10-11,16,24H,2-4,8-9H2,1H3,(H,19,20,21). The highest BCUT2D eigenvalue weighted by atomic mass is 16.3. The quantitative estimate of drug-likeness (QED) is 0.831. The average molecular weight is 339 g/mol. The third-order valence-electron chi connectivity index (χ3n) is 4.62. The minimum absolute atomic E-state index is 0.153. The van der Waals surface area contributed by atoms with E-state index in [-0.39, 0.29) is 11.3 Å². The van der Waals surface area contributed by atoms with E-state index in [1.807, 2.05) is 6.07 Å². The fourth-order valence-electron chi connectivity index (χ4n) is 3.41. The van der Waals surface area contributed by atoms with Crippen molar-refractivity contribution in [3.63, 3.8) is 0 Å². The molecule has 7 nitrogen and oxygen atoms in total.